The van der Waals surface area contributed by atoms with Crippen LogP contribution in [0.15, 0.2) is 27.7 Å². The lowest BCUT2D eigenvalue weighted by molar-refractivity contribution is -0.116. The second kappa shape index (κ2) is 8.66. The van der Waals surface area contributed by atoms with Gasteiger partial charge in [0.05, 0.1) is 11.3 Å². The van der Waals surface area contributed by atoms with Crippen molar-refractivity contribution in [2.75, 3.05) is 50.6 Å². The van der Waals surface area contributed by atoms with Crippen LogP contribution < -0.4 is 16.4 Å². The number of carbonyl (C=O) groups is 1. The van der Waals surface area contributed by atoms with Gasteiger partial charge in [0.2, 0.25) is 11.9 Å². The molecular formula is C19H24BrN7O. The highest BCUT2D eigenvalue weighted by Gasteiger charge is 2.35. The van der Waals surface area contributed by atoms with Gasteiger partial charge >= 0.3 is 0 Å². The highest BCUT2D eigenvalue weighted by atomic mass is 79.9. The number of nitrogen functional groups attached to an aromatic ring is 1. The first-order valence-electron chi connectivity index (χ1n) is 8.99. The Kier molecular flexibility index (Phi) is 6.25. The average molecular weight is 446 g/mol. The summed E-state index contributed by atoms with van der Waals surface area (Å²) in [5.74, 6) is -0.0126. The van der Waals surface area contributed by atoms with E-state index < -0.39 is 5.92 Å². The molecule has 4 N–H and O–H groups in total. The van der Waals surface area contributed by atoms with E-state index in [4.69, 9.17) is 5.73 Å². The van der Waals surface area contributed by atoms with Crippen molar-refractivity contribution in [1.29, 1.82) is 0 Å². The summed E-state index contributed by atoms with van der Waals surface area (Å²) in [5.41, 5.74) is 8.92. The molecule has 28 heavy (non-hydrogen) atoms. The van der Waals surface area contributed by atoms with Crippen LogP contribution in [0.5, 0.6) is 0 Å². The molecule has 148 valence electrons. The molecule has 0 aliphatic carbocycles. The highest BCUT2D eigenvalue weighted by molar-refractivity contribution is 9.10. The minimum Gasteiger partial charge on any atom is -0.383 e. The van der Waals surface area contributed by atoms with Gasteiger partial charge < -0.3 is 21.3 Å². The summed E-state index contributed by atoms with van der Waals surface area (Å²) in [7, 11) is 5.70. The number of nitrogens with one attached hydrogen (secondary N) is 2. The number of nitrogens with two attached hydrogens (primary N) is 1. The summed E-state index contributed by atoms with van der Waals surface area (Å²) in [4.78, 5) is 27.9. The predicted molar refractivity (Wildman–Crippen MR) is 116 cm³/mol. The fraction of sp³-hybridized carbons (Fsp3) is 0.368. The first-order chi connectivity index (χ1) is 13.4. The van der Waals surface area contributed by atoms with Crippen molar-refractivity contribution >= 4 is 45.5 Å². The number of aliphatic imine (C=N–C) groups is 1. The number of hydrogen-bond donors (Lipinski definition) is 3. The van der Waals surface area contributed by atoms with Crippen molar-refractivity contribution in [3.63, 3.8) is 0 Å². The number of fused-ring (bicyclic) bond motifs is 1. The van der Waals surface area contributed by atoms with E-state index in [-0.39, 0.29) is 5.91 Å². The molecule has 1 atom stereocenters. The summed E-state index contributed by atoms with van der Waals surface area (Å²) < 4.78 is 0.891. The summed E-state index contributed by atoms with van der Waals surface area (Å²) in [5, 5.41) is 6.12. The predicted octanol–water partition coefficient (Wildman–Crippen LogP) is 2.32. The number of benzene rings is 1. The van der Waals surface area contributed by atoms with Gasteiger partial charge in [-0.15, -0.1) is 0 Å². The standard InChI is InChI=1S/C19H24BrN7O/c1-22-10-13-16(15-12-9-11(20)5-6-14(12)24-18(15)28)25-19(26-17(13)21)23-7-4-8-27(2)3/h5-6,9-10,15H,4,7-8H2,1-3H3,(H,24,28)(H3,21,23,25,26). The van der Waals surface area contributed by atoms with Gasteiger partial charge in [0.25, 0.3) is 0 Å². The molecular weight excluding hydrogens is 422 g/mol. The van der Waals surface area contributed by atoms with Gasteiger partial charge in [0.15, 0.2) is 0 Å². The molecule has 1 aromatic heterocycles. The summed E-state index contributed by atoms with van der Waals surface area (Å²) >= 11 is 3.48. The average Bonchev–Trinajstić information content (AvgIpc) is 2.95. The van der Waals surface area contributed by atoms with Gasteiger partial charge in [-0.2, -0.15) is 4.98 Å². The zero-order valence-electron chi connectivity index (χ0n) is 16.2. The minimum absolute atomic E-state index is 0.143. The summed E-state index contributed by atoms with van der Waals surface area (Å²) in [6.45, 7) is 1.65. The molecule has 0 saturated heterocycles. The van der Waals surface area contributed by atoms with Crippen molar-refractivity contribution < 1.29 is 4.79 Å². The Balaban J connectivity index is 1.99. The maximum Gasteiger partial charge on any atom is 0.238 e. The Morgan fingerprint density at radius 2 is 2.18 bits per heavy atom. The number of amides is 1. The molecule has 0 spiro atoms. The molecule has 2 aromatic rings. The molecule has 1 unspecified atom stereocenters. The van der Waals surface area contributed by atoms with Crippen molar-refractivity contribution in [2.24, 2.45) is 4.99 Å². The number of hydrogen-bond acceptors (Lipinski definition) is 7. The van der Waals surface area contributed by atoms with E-state index in [1.54, 1.807) is 13.3 Å². The minimum atomic E-state index is -0.576. The summed E-state index contributed by atoms with van der Waals surface area (Å²) in [6, 6.07) is 5.69. The van der Waals surface area contributed by atoms with Crippen LogP contribution >= 0.6 is 15.9 Å². The van der Waals surface area contributed by atoms with Crippen LogP contribution in [-0.4, -0.2) is 61.2 Å². The Hall–Kier alpha value is -2.52. The van der Waals surface area contributed by atoms with Gasteiger partial charge in [-0.1, -0.05) is 15.9 Å². The van der Waals surface area contributed by atoms with Crippen LogP contribution in [0.25, 0.3) is 0 Å². The van der Waals surface area contributed by atoms with Gasteiger partial charge in [-0.25, -0.2) is 4.98 Å². The number of halogens is 1. The fourth-order valence-electron chi connectivity index (χ4n) is 3.16. The summed E-state index contributed by atoms with van der Waals surface area (Å²) in [6.07, 6.45) is 2.53. The zero-order chi connectivity index (χ0) is 20.3. The largest absolute Gasteiger partial charge is 0.383 e. The molecule has 0 fully saturated rings. The van der Waals surface area contributed by atoms with E-state index in [0.717, 1.165) is 28.7 Å². The van der Waals surface area contributed by atoms with E-state index in [9.17, 15) is 4.79 Å². The van der Waals surface area contributed by atoms with Crippen molar-refractivity contribution in [1.82, 2.24) is 14.9 Å². The number of anilines is 3. The maximum atomic E-state index is 12.8. The van der Waals surface area contributed by atoms with Crippen LogP contribution in [0.4, 0.5) is 17.5 Å². The molecule has 9 heteroatoms. The van der Waals surface area contributed by atoms with Gasteiger partial charge in [0, 0.05) is 30.0 Å². The van der Waals surface area contributed by atoms with Crippen LogP contribution in [0.1, 0.15) is 29.2 Å². The van der Waals surface area contributed by atoms with E-state index >= 15 is 0 Å². The second-order valence-electron chi connectivity index (χ2n) is 6.86. The molecule has 3 rings (SSSR count). The third kappa shape index (κ3) is 4.31. The molecule has 2 heterocycles. The number of nitrogens with zero attached hydrogens (tertiary/aromatic N) is 4. The molecule has 0 saturated carbocycles. The lowest BCUT2D eigenvalue weighted by atomic mass is 9.94. The van der Waals surface area contributed by atoms with Crippen molar-refractivity contribution in [3.8, 4) is 0 Å². The zero-order valence-corrected chi connectivity index (χ0v) is 17.7. The molecule has 8 nitrogen and oxygen atoms in total. The lowest BCUT2D eigenvalue weighted by Gasteiger charge is -2.16. The Morgan fingerprint density at radius 3 is 2.89 bits per heavy atom. The number of carbonyl (C=O) groups excluding carboxylic acids is 1. The molecule has 1 aromatic carbocycles. The Morgan fingerprint density at radius 1 is 1.39 bits per heavy atom. The van der Waals surface area contributed by atoms with Crippen LogP contribution in [0.3, 0.4) is 0 Å². The topological polar surface area (TPSA) is 109 Å². The van der Waals surface area contributed by atoms with Crippen molar-refractivity contribution in [2.45, 2.75) is 12.3 Å². The normalized spacial score (nSPS) is 15.9. The lowest BCUT2D eigenvalue weighted by Crippen LogP contribution is -2.20. The number of rotatable bonds is 7. The quantitative estimate of drug-likeness (QED) is 0.445. The fourth-order valence-corrected chi connectivity index (χ4v) is 3.54. The first kappa shape index (κ1) is 20.2. The monoisotopic (exact) mass is 445 g/mol. The Labute approximate surface area is 172 Å². The third-order valence-corrected chi connectivity index (χ3v) is 4.94. The van der Waals surface area contributed by atoms with E-state index in [1.165, 1.54) is 0 Å². The van der Waals surface area contributed by atoms with Crippen molar-refractivity contribution in [3.05, 3.63) is 39.5 Å². The molecule has 1 aliphatic rings. The van der Waals surface area contributed by atoms with Crippen LogP contribution in [-0.2, 0) is 4.79 Å². The molecule has 1 amide bonds. The smallest absolute Gasteiger partial charge is 0.238 e. The maximum absolute atomic E-state index is 12.8. The SMILES string of the molecule is CN=Cc1c(N)nc(NCCCN(C)C)nc1C1C(=O)Nc2ccc(Br)cc21. The molecule has 0 radical (unpaired) electrons. The van der Waals surface area contributed by atoms with Gasteiger partial charge in [-0.3, -0.25) is 9.79 Å². The number of aromatic nitrogens is 2. The first-order valence-corrected chi connectivity index (χ1v) is 9.78. The molecule has 1 aliphatic heterocycles. The third-order valence-electron chi connectivity index (χ3n) is 4.45. The van der Waals surface area contributed by atoms with Crippen LogP contribution in [0.2, 0.25) is 0 Å². The van der Waals surface area contributed by atoms with E-state index in [1.807, 2.05) is 32.3 Å². The second-order valence-corrected chi connectivity index (χ2v) is 7.77. The van der Waals surface area contributed by atoms with Gasteiger partial charge in [-0.05, 0) is 50.8 Å². The molecule has 0 bridgehead atoms. The highest BCUT2D eigenvalue weighted by Crippen LogP contribution is 2.39. The van der Waals surface area contributed by atoms with E-state index in [2.05, 4.69) is 46.4 Å². The van der Waals surface area contributed by atoms with Crippen LogP contribution in [0, 0.1) is 0 Å². The van der Waals surface area contributed by atoms with E-state index in [0.29, 0.717) is 29.6 Å². The Bertz CT molecular complexity index is 913. The van der Waals surface area contributed by atoms with Gasteiger partial charge in [0.1, 0.15) is 11.7 Å².